The minimum atomic E-state index is -0.454. The van der Waals surface area contributed by atoms with Gasteiger partial charge in [-0.1, -0.05) is 12.2 Å². The van der Waals surface area contributed by atoms with Crippen LogP contribution in [0.4, 0.5) is 21.8 Å². The minimum absolute atomic E-state index is 0.00549. The predicted molar refractivity (Wildman–Crippen MR) is 117 cm³/mol. The lowest BCUT2D eigenvalue weighted by molar-refractivity contribution is -0.110. The highest BCUT2D eigenvalue weighted by Crippen LogP contribution is 2.34. The number of fused-ring (bicyclic) bond motifs is 2. The third-order valence-electron chi connectivity index (χ3n) is 5.98. The molecule has 1 amide bonds. The van der Waals surface area contributed by atoms with Crippen molar-refractivity contribution in [3.63, 3.8) is 0 Å². The molecule has 2 aromatic heterocycles. The van der Waals surface area contributed by atoms with Crippen molar-refractivity contribution in [1.82, 2.24) is 19.5 Å². The van der Waals surface area contributed by atoms with Gasteiger partial charge in [-0.25, -0.2) is 14.4 Å². The Balaban J connectivity index is 1.47. The lowest BCUT2D eigenvalue weighted by Gasteiger charge is -2.13. The minimum Gasteiger partial charge on any atom is -0.396 e. The van der Waals surface area contributed by atoms with Gasteiger partial charge in [-0.3, -0.25) is 4.79 Å². The number of carbonyl (C=O) groups excluding carboxylic acids is 1. The monoisotopic (exact) mass is 433 g/mol. The third kappa shape index (κ3) is 3.23. The van der Waals surface area contributed by atoms with Crippen molar-refractivity contribution in [3.8, 4) is 0 Å². The van der Waals surface area contributed by atoms with Gasteiger partial charge in [0.25, 0.3) is 11.9 Å². The van der Waals surface area contributed by atoms with Crippen LogP contribution in [0.2, 0.25) is 0 Å². The fraction of sp³-hybridized carbons (Fsp3) is 0.318. The van der Waals surface area contributed by atoms with E-state index in [0.29, 0.717) is 34.3 Å². The van der Waals surface area contributed by atoms with E-state index in [1.165, 1.54) is 18.2 Å². The van der Waals surface area contributed by atoms with Gasteiger partial charge in [-0.05, 0) is 37.5 Å². The summed E-state index contributed by atoms with van der Waals surface area (Å²) < 4.78 is 15.7. The molecule has 1 fully saturated rings. The smallest absolute Gasteiger partial charge is 0.275 e. The number of aromatic nitrogens is 4. The number of halogens is 1. The molecule has 0 bridgehead atoms. The normalized spacial score (nSPS) is 23.2. The van der Waals surface area contributed by atoms with E-state index in [4.69, 9.17) is 0 Å². The molecule has 10 heteroatoms. The zero-order chi connectivity index (χ0) is 21.8. The van der Waals surface area contributed by atoms with Gasteiger partial charge < -0.3 is 20.3 Å². The van der Waals surface area contributed by atoms with Crippen molar-refractivity contribution in [3.05, 3.63) is 48.1 Å². The molecule has 6 rings (SSSR count). The van der Waals surface area contributed by atoms with Crippen molar-refractivity contribution in [2.45, 2.75) is 31.3 Å². The van der Waals surface area contributed by atoms with E-state index in [9.17, 15) is 14.3 Å². The first-order valence-corrected chi connectivity index (χ1v) is 10.6. The third-order valence-corrected chi connectivity index (χ3v) is 5.98. The Bertz CT molecular complexity index is 1310. The molecule has 2 aliphatic carbocycles. The number of hydrogen-bond acceptors (Lipinski definition) is 7. The van der Waals surface area contributed by atoms with Gasteiger partial charge in [0, 0.05) is 24.1 Å². The maximum atomic E-state index is 13.8. The lowest BCUT2D eigenvalue weighted by atomic mass is 10.1. The maximum Gasteiger partial charge on any atom is 0.275 e. The van der Waals surface area contributed by atoms with Crippen LogP contribution in [-0.2, 0) is 4.79 Å². The molecule has 1 aliphatic heterocycles. The number of hydrogen-bond donors (Lipinski definition) is 3. The molecule has 0 spiro atoms. The van der Waals surface area contributed by atoms with Crippen LogP contribution in [-0.4, -0.2) is 48.9 Å². The van der Waals surface area contributed by atoms with E-state index in [2.05, 4.69) is 30.6 Å². The van der Waals surface area contributed by atoms with E-state index in [0.717, 1.165) is 19.3 Å². The first-order valence-electron chi connectivity index (χ1n) is 10.6. The average molecular weight is 433 g/mol. The molecule has 3 N–H and O–H groups in total. The highest BCUT2D eigenvalue weighted by atomic mass is 19.1. The molecule has 162 valence electrons. The van der Waals surface area contributed by atoms with Gasteiger partial charge in [0.2, 0.25) is 0 Å². The average Bonchev–Trinajstić information content (AvgIpc) is 3.18. The summed E-state index contributed by atoms with van der Waals surface area (Å²) in [5, 5.41) is 15.5. The number of anilines is 2. The summed E-state index contributed by atoms with van der Waals surface area (Å²) in [5.74, 6) is -0.120. The zero-order valence-electron chi connectivity index (χ0n) is 17.0. The van der Waals surface area contributed by atoms with E-state index < -0.39 is 11.7 Å². The standard InChI is InChI=1S/C22H20FN7O2/c23-12-2-6-16-15(8-12)17(21(32)26-16)27-22-28-19(25-13-3-4-13)18-20(29-22)30(10-24-18)14-5-1-11(7-14)9-31/h1-2,5-6,8,10-11,13-14,31H,3-4,7,9H2,(H2,25,26,27,28,29,32). The van der Waals surface area contributed by atoms with Crippen LogP contribution >= 0.6 is 0 Å². The van der Waals surface area contributed by atoms with E-state index in [1.807, 2.05) is 16.7 Å². The Morgan fingerprint density at radius 2 is 2.16 bits per heavy atom. The first-order chi connectivity index (χ1) is 15.6. The van der Waals surface area contributed by atoms with Crippen molar-refractivity contribution in [2.75, 3.05) is 17.2 Å². The summed E-state index contributed by atoms with van der Waals surface area (Å²) in [7, 11) is 0. The number of aliphatic hydroxyl groups excluding tert-OH is 1. The zero-order valence-corrected chi connectivity index (χ0v) is 17.0. The number of nitrogens with one attached hydrogen (secondary N) is 2. The number of aliphatic imine (C=N–C) groups is 1. The van der Waals surface area contributed by atoms with E-state index in [1.54, 1.807) is 6.33 Å². The van der Waals surface area contributed by atoms with Crippen LogP contribution in [0.5, 0.6) is 0 Å². The van der Waals surface area contributed by atoms with E-state index >= 15 is 0 Å². The molecular formula is C22H20FN7O2. The molecule has 0 radical (unpaired) electrons. The van der Waals surface area contributed by atoms with Gasteiger partial charge in [0.05, 0.1) is 18.1 Å². The van der Waals surface area contributed by atoms with Gasteiger partial charge in [-0.15, -0.1) is 0 Å². The summed E-state index contributed by atoms with van der Waals surface area (Å²) in [4.78, 5) is 30.6. The van der Waals surface area contributed by atoms with Gasteiger partial charge in [0.15, 0.2) is 17.0 Å². The fourth-order valence-corrected chi connectivity index (χ4v) is 4.15. The van der Waals surface area contributed by atoms with Crippen molar-refractivity contribution in [2.24, 2.45) is 10.9 Å². The fourth-order valence-electron chi connectivity index (χ4n) is 4.15. The SMILES string of the molecule is O=C1Nc2ccc(F)cc2C1=Nc1nc(NC2CC2)c2ncn(C3C=CC(CO)C3)c2n1. The Labute approximate surface area is 182 Å². The van der Waals surface area contributed by atoms with Crippen LogP contribution < -0.4 is 10.6 Å². The van der Waals surface area contributed by atoms with Crippen LogP contribution in [0.1, 0.15) is 30.9 Å². The second-order valence-electron chi connectivity index (χ2n) is 8.35. The van der Waals surface area contributed by atoms with Crippen LogP contribution in [0, 0.1) is 11.7 Å². The highest BCUT2D eigenvalue weighted by molar-refractivity contribution is 6.54. The van der Waals surface area contributed by atoms with Crippen LogP contribution in [0.15, 0.2) is 41.7 Å². The molecule has 9 nitrogen and oxygen atoms in total. The topological polar surface area (TPSA) is 117 Å². The Morgan fingerprint density at radius 1 is 1.28 bits per heavy atom. The Kier molecular flexibility index (Phi) is 4.29. The van der Waals surface area contributed by atoms with E-state index in [-0.39, 0.29) is 30.2 Å². The van der Waals surface area contributed by atoms with Crippen molar-refractivity contribution < 1.29 is 14.3 Å². The number of allylic oxidation sites excluding steroid dienone is 1. The van der Waals surface area contributed by atoms with Crippen molar-refractivity contribution in [1.29, 1.82) is 0 Å². The largest absolute Gasteiger partial charge is 0.396 e. The molecule has 1 aromatic carbocycles. The van der Waals surface area contributed by atoms with Gasteiger partial charge >= 0.3 is 0 Å². The molecule has 3 heterocycles. The molecule has 2 atom stereocenters. The predicted octanol–water partition coefficient (Wildman–Crippen LogP) is 2.72. The first kappa shape index (κ1) is 19.1. The highest BCUT2D eigenvalue weighted by Gasteiger charge is 2.29. The maximum absolute atomic E-state index is 13.8. The number of benzene rings is 1. The Morgan fingerprint density at radius 3 is 2.94 bits per heavy atom. The lowest BCUT2D eigenvalue weighted by Crippen LogP contribution is -2.14. The second-order valence-corrected chi connectivity index (χ2v) is 8.35. The molecule has 0 saturated heterocycles. The molecule has 3 aromatic rings. The number of amides is 1. The molecule has 1 saturated carbocycles. The molecule has 2 unspecified atom stereocenters. The number of aliphatic hydroxyl groups is 1. The van der Waals surface area contributed by atoms with Crippen LogP contribution in [0.25, 0.3) is 11.2 Å². The number of carbonyl (C=O) groups is 1. The summed E-state index contributed by atoms with van der Waals surface area (Å²) >= 11 is 0. The van der Waals surface area contributed by atoms with Gasteiger partial charge in [-0.2, -0.15) is 9.97 Å². The second kappa shape index (κ2) is 7.20. The summed E-state index contributed by atoms with van der Waals surface area (Å²) in [6.07, 6.45) is 8.60. The van der Waals surface area contributed by atoms with Crippen molar-refractivity contribution >= 4 is 40.2 Å². The van der Waals surface area contributed by atoms with Gasteiger partial charge in [0.1, 0.15) is 11.5 Å². The molecule has 3 aliphatic rings. The summed E-state index contributed by atoms with van der Waals surface area (Å²) in [6, 6.07) is 4.40. The Hall–Kier alpha value is -3.66. The quantitative estimate of drug-likeness (QED) is 0.533. The number of rotatable bonds is 5. The molecular weight excluding hydrogens is 413 g/mol. The number of imidazole rings is 1. The molecule has 32 heavy (non-hydrogen) atoms. The number of nitrogens with zero attached hydrogens (tertiary/aromatic N) is 5. The summed E-state index contributed by atoms with van der Waals surface area (Å²) in [5.41, 5.74) is 2.18. The van der Waals surface area contributed by atoms with Crippen LogP contribution in [0.3, 0.4) is 0 Å². The summed E-state index contributed by atoms with van der Waals surface area (Å²) in [6.45, 7) is 0.0904.